The molecule has 4 aromatic rings. The molecule has 2 aromatic heterocycles. The lowest BCUT2D eigenvalue weighted by atomic mass is 9.95. The average Bonchev–Trinajstić information content (AvgIpc) is 3.13. The quantitative estimate of drug-likeness (QED) is 0.160. The number of likely N-dealkylation sites (tertiary alicyclic amines) is 1. The maximum absolute atomic E-state index is 14.0. The first-order valence-electron chi connectivity index (χ1n) is 18.0. The number of para-hydroxylation sites is 1. The summed E-state index contributed by atoms with van der Waals surface area (Å²) in [6.45, 7) is 9.41. The molecule has 3 heterocycles. The first-order chi connectivity index (χ1) is 25.1. The number of carbonyl (C=O) groups excluding carboxylic acids is 3. The van der Waals surface area contributed by atoms with Crippen LogP contribution < -0.4 is 16.0 Å². The van der Waals surface area contributed by atoms with Crippen LogP contribution in [0.1, 0.15) is 63.5 Å². The van der Waals surface area contributed by atoms with E-state index < -0.39 is 56.7 Å². The Labute approximate surface area is 311 Å². The Balaban J connectivity index is 1.36. The highest BCUT2D eigenvalue weighted by atomic mass is 32.2. The van der Waals surface area contributed by atoms with Crippen LogP contribution in [0.25, 0.3) is 10.9 Å². The van der Waals surface area contributed by atoms with E-state index in [1.165, 1.54) is 24.5 Å². The van der Waals surface area contributed by atoms with E-state index in [4.69, 9.17) is 0 Å². The molecule has 5 rings (SSSR count). The van der Waals surface area contributed by atoms with Gasteiger partial charge in [0.05, 0.1) is 33.8 Å². The lowest BCUT2D eigenvalue weighted by molar-refractivity contribution is -0.130. The molecule has 1 saturated heterocycles. The van der Waals surface area contributed by atoms with Crippen LogP contribution in [-0.2, 0) is 25.8 Å². The Morgan fingerprint density at radius 1 is 0.925 bits per heavy atom. The van der Waals surface area contributed by atoms with Gasteiger partial charge in [0.15, 0.2) is 9.84 Å². The summed E-state index contributed by atoms with van der Waals surface area (Å²) in [5, 5.41) is 20.8. The molecule has 5 atom stereocenters. The molecule has 0 bridgehead atoms. The minimum Gasteiger partial charge on any atom is -0.390 e. The summed E-state index contributed by atoms with van der Waals surface area (Å²) in [6.07, 6.45) is 2.24. The Bertz CT molecular complexity index is 1990. The van der Waals surface area contributed by atoms with Crippen molar-refractivity contribution >= 4 is 38.5 Å². The number of aliphatic hydroxyl groups excluding tert-OH is 1. The van der Waals surface area contributed by atoms with E-state index in [1.54, 1.807) is 12.1 Å². The van der Waals surface area contributed by atoms with Gasteiger partial charge in [-0.15, -0.1) is 0 Å². The third kappa shape index (κ3) is 10.2. The maximum Gasteiger partial charge on any atom is 0.270 e. The van der Waals surface area contributed by atoms with Crippen LogP contribution in [0.4, 0.5) is 0 Å². The van der Waals surface area contributed by atoms with Crippen LogP contribution in [0.5, 0.6) is 0 Å². The van der Waals surface area contributed by atoms with Crippen molar-refractivity contribution in [3.8, 4) is 0 Å². The van der Waals surface area contributed by atoms with Crippen molar-refractivity contribution in [3.63, 3.8) is 0 Å². The van der Waals surface area contributed by atoms with Crippen LogP contribution in [-0.4, -0.2) is 94.2 Å². The van der Waals surface area contributed by atoms with Crippen molar-refractivity contribution in [3.05, 3.63) is 103 Å². The normalized spacial score (nSPS) is 18.5. The van der Waals surface area contributed by atoms with Gasteiger partial charge in [0.25, 0.3) is 5.91 Å². The predicted octanol–water partition coefficient (Wildman–Crippen LogP) is 3.69. The highest BCUT2D eigenvalue weighted by Crippen LogP contribution is 2.29. The van der Waals surface area contributed by atoms with E-state index in [-0.39, 0.29) is 54.8 Å². The maximum atomic E-state index is 14.0. The number of aliphatic hydroxyl groups is 1. The van der Waals surface area contributed by atoms with E-state index in [0.29, 0.717) is 5.52 Å². The van der Waals surface area contributed by atoms with Crippen molar-refractivity contribution in [2.75, 3.05) is 13.1 Å². The molecule has 0 spiro atoms. The number of nitrogens with zero attached hydrogens (tertiary/aromatic N) is 3. The first-order valence-corrected chi connectivity index (χ1v) is 19.6. The second kappa shape index (κ2) is 17.0. The Morgan fingerprint density at radius 2 is 1.60 bits per heavy atom. The van der Waals surface area contributed by atoms with Gasteiger partial charge in [-0.25, -0.2) is 13.4 Å². The molecule has 2 aromatic carbocycles. The van der Waals surface area contributed by atoms with Gasteiger partial charge in [-0.3, -0.25) is 24.3 Å². The molecule has 0 aliphatic carbocycles. The summed E-state index contributed by atoms with van der Waals surface area (Å²) in [5.74, 6) is -1.62. The van der Waals surface area contributed by atoms with Gasteiger partial charge in [-0.2, -0.15) is 0 Å². The molecule has 13 heteroatoms. The summed E-state index contributed by atoms with van der Waals surface area (Å²) < 4.78 is 27.3. The Kier molecular flexibility index (Phi) is 12.6. The molecule has 1 aliphatic rings. The number of aromatic nitrogens is 2. The molecule has 1 fully saturated rings. The summed E-state index contributed by atoms with van der Waals surface area (Å²) >= 11 is 0. The number of hydrogen-bond acceptors (Lipinski definition) is 9. The number of fused-ring (bicyclic) bond motifs is 1. The average molecular weight is 743 g/mol. The Hall–Kier alpha value is -4.72. The van der Waals surface area contributed by atoms with Gasteiger partial charge in [0.1, 0.15) is 11.7 Å². The molecule has 3 amide bonds. The number of benzene rings is 2. The summed E-state index contributed by atoms with van der Waals surface area (Å²) in [4.78, 5) is 51.5. The predicted molar refractivity (Wildman–Crippen MR) is 204 cm³/mol. The number of carbonyl (C=O) groups is 3. The van der Waals surface area contributed by atoms with Gasteiger partial charge in [0.2, 0.25) is 11.8 Å². The zero-order valence-electron chi connectivity index (χ0n) is 30.9. The number of sulfone groups is 1. The largest absolute Gasteiger partial charge is 0.390 e. The molecule has 4 N–H and O–H groups in total. The van der Waals surface area contributed by atoms with Crippen LogP contribution in [0, 0.1) is 5.92 Å². The summed E-state index contributed by atoms with van der Waals surface area (Å²) in [7, 11) is -3.76. The number of rotatable bonds is 13. The van der Waals surface area contributed by atoms with Crippen molar-refractivity contribution in [1.82, 2.24) is 30.8 Å². The number of piperidine rings is 1. The number of β-amino-alcohol motifs (C(OH)–C–C–N with tert-alkyl or cyclic N) is 1. The van der Waals surface area contributed by atoms with Crippen molar-refractivity contribution in [1.29, 1.82) is 0 Å². The first kappa shape index (κ1) is 39.5. The van der Waals surface area contributed by atoms with E-state index in [1.807, 2.05) is 94.1 Å². The fourth-order valence-electron chi connectivity index (χ4n) is 6.66. The monoisotopic (exact) mass is 742 g/mol. The zero-order chi connectivity index (χ0) is 38.3. The molecule has 0 radical (unpaired) electrons. The van der Waals surface area contributed by atoms with Crippen LogP contribution in [0.3, 0.4) is 0 Å². The van der Waals surface area contributed by atoms with Crippen molar-refractivity contribution in [2.24, 2.45) is 5.92 Å². The SMILES string of the molecule is CC(C)[C@H](NC(=O)c1ccc2ccccc2n1)C(=O)N[C@@H](Cc1ccccc1)[C@H](O)CN1CC[C@@H](S(=O)(=O)c2ccncc2)CC1C(=O)NC(C)(C)C. The molecule has 1 aliphatic heterocycles. The fraction of sp³-hybridized carbons (Fsp3) is 0.425. The van der Waals surface area contributed by atoms with Gasteiger partial charge in [-0.1, -0.05) is 68.4 Å². The molecule has 1 unspecified atom stereocenters. The molecule has 12 nitrogen and oxygen atoms in total. The lowest BCUT2D eigenvalue weighted by Crippen LogP contribution is -2.60. The van der Waals surface area contributed by atoms with Gasteiger partial charge in [0, 0.05) is 36.4 Å². The molecule has 282 valence electrons. The molecule has 53 heavy (non-hydrogen) atoms. The molecular weight excluding hydrogens is 693 g/mol. The van der Waals surface area contributed by atoms with Gasteiger partial charge in [-0.05, 0) is 75.8 Å². The second-order valence-corrected chi connectivity index (χ2v) is 17.3. The second-order valence-electron chi connectivity index (χ2n) is 15.1. The van der Waals surface area contributed by atoms with Gasteiger partial charge < -0.3 is 21.1 Å². The summed E-state index contributed by atoms with van der Waals surface area (Å²) in [5.41, 5.74) is 1.12. The Morgan fingerprint density at radius 3 is 2.28 bits per heavy atom. The lowest BCUT2D eigenvalue weighted by Gasteiger charge is -2.41. The zero-order valence-corrected chi connectivity index (χ0v) is 31.7. The minimum atomic E-state index is -3.76. The number of hydrogen-bond donors (Lipinski definition) is 4. The van der Waals surface area contributed by atoms with E-state index in [0.717, 1.165) is 10.9 Å². The van der Waals surface area contributed by atoms with Crippen molar-refractivity contribution in [2.45, 2.75) is 93.8 Å². The third-order valence-corrected chi connectivity index (χ3v) is 11.7. The van der Waals surface area contributed by atoms with Gasteiger partial charge >= 0.3 is 0 Å². The van der Waals surface area contributed by atoms with E-state index >= 15 is 0 Å². The highest BCUT2D eigenvalue weighted by Gasteiger charge is 2.42. The van der Waals surface area contributed by atoms with Crippen molar-refractivity contribution < 1.29 is 27.9 Å². The van der Waals surface area contributed by atoms with Crippen LogP contribution in [0.15, 0.2) is 96.2 Å². The number of amides is 3. The number of nitrogens with one attached hydrogen (secondary N) is 3. The third-order valence-electron chi connectivity index (χ3n) is 9.46. The topological polar surface area (TPSA) is 171 Å². The molecule has 0 saturated carbocycles. The van der Waals surface area contributed by atoms with Crippen LogP contribution >= 0.6 is 0 Å². The summed E-state index contributed by atoms with van der Waals surface area (Å²) in [6, 6.07) is 20.6. The van der Waals surface area contributed by atoms with E-state index in [2.05, 4.69) is 25.9 Å². The fourth-order valence-corrected chi connectivity index (χ4v) is 8.40. The smallest absolute Gasteiger partial charge is 0.270 e. The number of pyridine rings is 2. The van der Waals surface area contributed by atoms with E-state index in [9.17, 15) is 27.9 Å². The minimum absolute atomic E-state index is 0.0122. The molecular formula is C40H50N6O6S. The highest BCUT2D eigenvalue weighted by molar-refractivity contribution is 7.92. The standard InChI is InChI=1S/C40H50N6O6S/c1-26(2)36(44-37(48)32-16-15-28-13-9-10-14-31(28)42-32)39(50)43-33(23-27-11-7-6-8-12-27)35(47)25-46-22-19-30(24-34(46)38(49)45-40(3,4)5)53(51,52)29-17-20-41-21-18-29/h6-18,20-21,26,30,33-36,47H,19,22-25H2,1-5H3,(H,43,50)(H,44,48)(H,45,49)/t30-,33+,34?,35-,36+/m1/s1. The van der Waals surface area contributed by atoms with Crippen LogP contribution in [0.2, 0.25) is 0 Å².